The molecule has 1 fully saturated rings. The van der Waals surface area contributed by atoms with E-state index in [2.05, 4.69) is 5.10 Å². The molecule has 0 spiro atoms. The Morgan fingerprint density at radius 3 is 2.83 bits per heavy atom. The van der Waals surface area contributed by atoms with Crippen LogP contribution in [0.4, 0.5) is 5.69 Å². The van der Waals surface area contributed by atoms with Gasteiger partial charge < -0.3 is 9.64 Å². The zero-order valence-corrected chi connectivity index (χ0v) is 9.82. The van der Waals surface area contributed by atoms with Crippen LogP contribution in [0.5, 0.6) is 0 Å². The van der Waals surface area contributed by atoms with Crippen LogP contribution in [0.3, 0.4) is 0 Å². The van der Waals surface area contributed by atoms with E-state index in [4.69, 9.17) is 4.74 Å². The van der Waals surface area contributed by atoms with Crippen molar-refractivity contribution < 1.29 is 14.5 Å². The van der Waals surface area contributed by atoms with Crippen molar-refractivity contribution in [3.63, 3.8) is 0 Å². The second kappa shape index (κ2) is 5.58. The first-order valence-electron chi connectivity index (χ1n) is 5.69. The second-order valence-electron chi connectivity index (χ2n) is 3.96. The van der Waals surface area contributed by atoms with Crippen molar-refractivity contribution >= 4 is 11.6 Å². The average Bonchev–Trinajstić information content (AvgIpc) is 2.86. The first kappa shape index (κ1) is 12.5. The van der Waals surface area contributed by atoms with Crippen molar-refractivity contribution in [2.45, 2.75) is 13.0 Å². The Labute approximate surface area is 103 Å². The SMILES string of the molecule is O=C(CCn1cc([N+](=O)[O-])cn1)N1CCOCC1. The summed E-state index contributed by atoms with van der Waals surface area (Å²) < 4.78 is 6.57. The van der Waals surface area contributed by atoms with Crippen molar-refractivity contribution in [2.24, 2.45) is 0 Å². The van der Waals surface area contributed by atoms with Gasteiger partial charge in [-0.05, 0) is 0 Å². The molecule has 2 rings (SSSR count). The van der Waals surface area contributed by atoms with Crippen molar-refractivity contribution in [3.05, 3.63) is 22.5 Å². The van der Waals surface area contributed by atoms with Gasteiger partial charge in [0, 0.05) is 26.1 Å². The minimum Gasteiger partial charge on any atom is -0.378 e. The summed E-state index contributed by atoms with van der Waals surface area (Å²) in [5.41, 5.74) is -0.0613. The molecule has 1 aliphatic heterocycles. The molecule has 1 amide bonds. The summed E-state index contributed by atoms with van der Waals surface area (Å²) in [6, 6.07) is 0. The molecular formula is C10H14N4O4. The zero-order valence-electron chi connectivity index (χ0n) is 9.82. The maximum atomic E-state index is 11.8. The predicted octanol–water partition coefficient (Wildman–Crippen LogP) is 0.0402. The Kier molecular flexibility index (Phi) is 3.88. The van der Waals surface area contributed by atoms with Gasteiger partial charge in [-0.25, -0.2) is 0 Å². The predicted molar refractivity (Wildman–Crippen MR) is 60.9 cm³/mol. The number of carbonyl (C=O) groups is 1. The van der Waals surface area contributed by atoms with Crippen LogP contribution in [0, 0.1) is 10.1 Å². The van der Waals surface area contributed by atoms with Crippen molar-refractivity contribution in [2.75, 3.05) is 26.3 Å². The number of hydrogen-bond donors (Lipinski definition) is 0. The fraction of sp³-hybridized carbons (Fsp3) is 0.600. The Hall–Kier alpha value is -1.96. The molecule has 1 aliphatic rings. The summed E-state index contributed by atoms with van der Waals surface area (Å²) in [5.74, 6) is 0.0245. The molecule has 8 heteroatoms. The van der Waals surface area contributed by atoms with Gasteiger partial charge >= 0.3 is 5.69 Å². The van der Waals surface area contributed by atoms with Crippen LogP contribution in [0.25, 0.3) is 0 Å². The van der Waals surface area contributed by atoms with E-state index in [-0.39, 0.29) is 11.6 Å². The molecular weight excluding hydrogens is 240 g/mol. The molecule has 0 unspecified atom stereocenters. The Morgan fingerprint density at radius 1 is 1.50 bits per heavy atom. The largest absolute Gasteiger partial charge is 0.378 e. The highest BCUT2D eigenvalue weighted by Gasteiger charge is 2.17. The molecule has 1 aromatic rings. The highest BCUT2D eigenvalue weighted by Crippen LogP contribution is 2.08. The van der Waals surface area contributed by atoms with Gasteiger partial charge in [0.25, 0.3) is 0 Å². The standard InChI is InChI=1S/C10H14N4O4/c15-10(12-3-5-18-6-4-12)1-2-13-8-9(7-11-13)14(16)17/h7-8H,1-6H2. The molecule has 0 N–H and O–H groups in total. The lowest BCUT2D eigenvalue weighted by Gasteiger charge is -2.26. The molecule has 0 radical (unpaired) electrons. The quantitative estimate of drug-likeness (QED) is 0.559. The monoisotopic (exact) mass is 254 g/mol. The lowest BCUT2D eigenvalue weighted by atomic mass is 10.3. The van der Waals surface area contributed by atoms with E-state index in [0.717, 1.165) is 0 Å². The molecule has 0 saturated carbocycles. The van der Waals surface area contributed by atoms with Crippen LogP contribution < -0.4 is 0 Å². The number of nitrogens with zero attached hydrogens (tertiary/aromatic N) is 4. The highest BCUT2D eigenvalue weighted by atomic mass is 16.6. The Morgan fingerprint density at radius 2 is 2.22 bits per heavy atom. The van der Waals surface area contributed by atoms with E-state index in [1.807, 2.05) is 0 Å². The molecule has 98 valence electrons. The van der Waals surface area contributed by atoms with Gasteiger partial charge in [-0.1, -0.05) is 0 Å². The minimum atomic E-state index is -0.507. The number of aryl methyl sites for hydroxylation is 1. The number of aromatic nitrogens is 2. The molecule has 1 aromatic heterocycles. The van der Waals surface area contributed by atoms with Crippen molar-refractivity contribution in [1.29, 1.82) is 0 Å². The first-order valence-corrected chi connectivity index (χ1v) is 5.69. The van der Waals surface area contributed by atoms with E-state index >= 15 is 0 Å². The zero-order chi connectivity index (χ0) is 13.0. The molecule has 2 heterocycles. The highest BCUT2D eigenvalue weighted by molar-refractivity contribution is 5.76. The minimum absolute atomic E-state index is 0.0245. The van der Waals surface area contributed by atoms with Gasteiger partial charge in [0.2, 0.25) is 5.91 Å². The molecule has 1 saturated heterocycles. The molecule has 0 aliphatic carbocycles. The third-order valence-corrected chi connectivity index (χ3v) is 2.75. The lowest BCUT2D eigenvalue weighted by molar-refractivity contribution is -0.385. The van der Waals surface area contributed by atoms with E-state index in [9.17, 15) is 14.9 Å². The van der Waals surface area contributed by atoms with E-state index in [1.165, 1.54) is 17.1 Å². The van der Waals surface area contributed by atoms with Gasteiger partial charge in [0.05, 0.1) is 18.1 Å². The normalized spacial score (nSPS) is 15.7. The molecule has 8 nitrogen and oxygen atoms in total. The summed E-state index contributed by atoms with van der Waals surface area (Å²) in [7, 11) is 0. The molecule has 0 bridgehead atoms. The van der Waals surface area contributed by atoms with Crippen LogP contribution in [0.2, 0.25) is 0 Å². The first-order chi connectivity index (χ1) is 8.66. The van der Waals surface area contributed by atoms with Crippen LogP contribution >= 0.6 is 0 Å². The van der Waals surface area contributed by atoms with Crippen LogP contribution in [0.1, 0.15) is 6.42 Å². The summed E-state index contributed by atoms with van der Waals surface area (Å²) in [6.45, 7) is 2.71. The lowest BCUT2D eigenvalue weighted by Crippen LogP contribution is -2.40. The van der Waals surface area contributed by atoms with Gasteiger partial charge in [0.15, 0.2) is 0 Å². The van der Waals surface area contributed by atoms with E-state index < -0.39 is 4.92 Å². The fourth-order valence-corrected chi connectivity index (χ4v) is 1.75. The summed E-state index contributed by atoms with van der Waals surface area (Å²) in [6.07, 6.45) is 2.80. The van der Waals surface area contributed by atoms with Gasteiger partial charge in [-0.3, -0.25) is 19.6 Å². The van der Waals surface area contributed by atoms with E-state index in [1.54, 1.807) is 4.90 Å². The summed E-state index contributed by atoms with van der Waals surface area (Å²) in [4.78, 5) is 23.5. The van der Waals surface area contributed by atoms with Crippen LogP contribution in [-0.2, 0) is 16.1 Å². The number of amides is 1. The molecule has 18 heavy (non-hydrogen) atoms. The smallest absolute Gasteiger partial charge is 0.306 e. The summed E-state index contributed by atoms with van der Waals surface area (Å²) in [5, 5.41) is 14.3. The number of carbonyl (C=O) groups excluding carboxylic acids is 1. The second-order valence-corrected chi connectivity index (χ2v) is 3.96. The fourth-order valence-electron chi connectivity index (χ4n) is 1.75. The average molecular weight is 254 g/mol. The van der Waals surface area contributed by atoms with Crippen molar-refractivity contribution in [1.82, 2.24) is 14.7 Å². The van der Waals surface area contributed by atoms with Crippen molar-refractivity contribution in [3.8, 4) is 0 Å². The number of nitro groups is 1. The molecule has 0 atom stereocenters. The number of rotatable bonds is 4. The van der Waals surface area contributed by atoms with E-state index in [0.29, 0.717) is 39.3 Å². The Bertz CT molecular complexity index is 439. The topological polar surface area (TPSA) is 90.5 Å². The molecule has 0 aromatic carbocycles. The van der Waals surface area contributed by atoms with Gasteiger partial charge in [-0.15, -0.1) is 0 Å². The number of ether oxygens (including phenoxy) is 1. The maximum absolute atomic E-state index is 11.8. The Balaban J connectivity index is 1.82. The van der Waals surface area contributed by atoms with Gasteiger partial charge in [0.1, 0.15) is 12.4 Å². The number of hydrogen-bond acceptors (Lipinski definition) is 5. The number of morpholine rings is 1. The van der Waals surface area contributed by atoms with Crippen LogP contribution in [0.15, 0.2) is 12.4 Å². The third-order valence-electron chi connectivity index (χ3n) is 2.75. The van der Waals surface area contributed by atoms with Crippen LogP contribution in [-0.4, -0.2) is 51.8 Å². The maximum Gasteiger partial charge on any atom is 0.306 e. The summed E-state index contributed by atoms with van der Waals surface area (Å²) >= 11 is 0. The van der Waals surface area contributed by atoms with Gasteiger partial charge in [-0.2, -0.15) is 5.10 Å². The third kappa shape index (κ3) is 3.04.